The van der Waals surface area contributed by atoms with Gasteiger partial charge in [0.15, 0.2) is 11.5 Å². The zero-order valence-electron chi connectivity index (χ0n) is 14.4. The maximum absolute atomic E-state index is 12.8. The van der Waals surface area contributed by atoms with E-state index in [1.54, 1.807) is 7.11 Å². The SMILES string of the molecule is COc1ccc2c(c1)NC(CC(=O)c1ccccc1)c1ccccc1O2. The predicted octanol–water partition coefficient (Wildman–Crippen LogP) is 5.23. The van der Waals surface area contributed by atoms with Gasteiger partial charge in [-0.2, -0.15) is 0 Å². The van der Waals surface area contributed by atoms with E-state index in [2.05, 4.69) is 5.32 Å². The van der Waals surface area contributed by atoms with Crippen LogP contribution >= 0.6 is 0 Å². The Morgan fingerprint density at radius 2 is 1.77 bits per heavy atom. The van der Waals surface area contributed by atoms with Crippen LogP contribution in [-0.2, 0) is 0 Å². The van der Waals surface area contributed by atoms with Gasteiger partial charge in [-0.05, 0) is 18.2 Å². The summed E-state index contributed by atoms with van der Waals surface area (Å²) in [6, 6.07) is 22.6. The third kappa shape index (κ3) is 3.14. The number of Topliss-reactive ketones (excluding diaryl/α,β-unsaturated/α-hetero) is 1. The normalized spacial score (nSPS) is 14.9. The number of benzene rings is 3. The van der Waals surface area contributed by atoms with Crippen LogP contribution < -0.4 is 14.8 Å². The molecule has 0 fully saturated rings. The van der Waals surface area contributed by atoms with E-state index >= 15 is 0 Å². The number of carbonyl (C=O) groups excluding carboxylic acids is 1. The fraction of sp³-hybridized carbons (Fsp3) is 0.136. The van der Waals surface area contributed by atoms with Gasteiger partial charge in [-0.15, -0.1) is 0 Å². The lowest BCUT2D eigenvalue weighted by molar-refractivity contribution is 0.0976. The fourth-order valence-electron chi connectivity index (χ4n) is 3.17. The van der Waals surface area contributed by atoms with E-state index in [9.17, 15) is 4.79 Å². The molecule has 3 aromatic rings. The molecule has 4 heteroatoms. The summed E-state index contributed by atoms with van der Waals surface area (Å²) in [6.45, 7) is 0. The van der Waals surface area contributed by atoms with E-state index in [4.69, 9.17) is 9.47 Å². The van der Waals surface area contributed by atoms with Gasteiger partial charge in [0.05, 0.1) is 18.8 Å². The molecule has 0 bridgehead atoms. The number of carbonyl (C=O) groups is 1. The van der Waals surface area contributed by atoms with Gasteiger partial charge in [0.2, 0.25) is 0 Å². The van der Waals surface area contributed by atoms with E-state index in [0.29, 0.717) is 17.7 Å². The zero-order chi connectivity index (χ0) is 17.9. The number of ketones is 1. The molecule has 0 saturated carbocycles. The van der Waals surface area contributed by atoms with Gasteiger partial charge >= 0.3 is 0 Å². The predicted molar refractivity (Wildman–Crippen MR) is 101 cm³/mol. The molecule has 1 atom stereocenters. The first-order chi connectivity index (χ1) is 12.7. The van der Waals surface area contributed by atoms with E-state index in [-0.39, 0.29) is 11.8 Å². The molecule has 0 spiro atoms. The molecule has 0 aliphatic carbocycles. The number of hydrogen-bond acceptors (Lipinski definition) is 4. The maximum Gasteiger partial charge on any atom is 0.165 e. The van der Waals surface area contributed by atoms with Crippen molar-refractivity contribution in [2.24, 2.45) is 0 Å². The number of hydrogen-bond donors (Lipinski definition) is 1. The quantitative estimate of drug-likeness (QED) is 0.658. The van der Waals surface area contributed by atoms with Gasteiger partial charge in [0.1, 0.15) is 11.5 Å². The monoisotopic (exact) mass is 345 g/mol. The molecule has 26 heavy (non-hydrogen) atoms. The van der Waals surface area contributed by atoms with Crippen molar-refractivity contribution in [2.45, 2.75) is 12.5 Å². The topological polar surface area (TPSA) is 47.6 Å². The highest BCUT2D eigenvalue weighted by Crippen LogP contribution is 2.42. The van der Waals surface area contributed by atoms with Gasteiger partial charge in [-0.25, -0.2) is 0 Å². The summed E-state index contributed by atoms with van der Waals surface area (Å²) in [6.07, 6.45) is 0.334. The molecule has 1 aliphatic heterocycles. The third-order valence-electron chi connectivity index (χ3n) is 4.52. The second kappa shape index (κ2) is 6.92. The van der Waals surface area contributed by atoms with Crippen molar-refractivity contribution in [2.75, 3.05) is 12.4 Å². The highest BCUT2D eigenvalue weighted by atomic mass is 16.5. The first kappa shape index (κ1) is 16.2. The van der Waals surface area contributed by atoms with Crippen molar-refractivity contribution in [1.29, 1.82) is 0 Å². The van der Waals surface area contributed by atoms with Crippen LogP contribution in [0.25, 0.3) is 0 Å². The molecule has 0 saturated heterocycles. The number of ether oxygens (including phenoxy) is 2. The molecule has 3 aromatic carbocycles. The number of para-hydroxylation sites is 1. The summed E-state index contributed by atoms with van der Waals surface area (Å²) >= 11 is 0. The van der Waals surface area contributed by atoms with Gasteiger partial charge in [-0.3, -0.25) is 4.79 Å². The van der Waals surface area contributed by atoms with E-state index in [0.717, 1.165) is 22.7 Å². The molecule has 4 rings (SSSR count). The summed E-state index contributed by atoms with van der Waals surface area (Å²) in [4.78, 5) is 12.8. The second-order valence-electron chi connectivity index (χ2n) is 6.19. The van der Waals surface area contributed by atoms with Crippen LogP contribution in [0.15, 0.2) is 72.8 Å². The van der Waals surface area contributed by atoms with Crippen molar-refractivity contribution >= 4 is 11.5 Å². The van der Waals surface area contributed by atoms with Gasteiger partial charge < -0.3 is 14.8 Å². The number of methoxy groups -OCH3 is 1. The average Bonchev–Trinajstić information content (AvgIpc) is 2.84. The Labute approximate surface area is 152 Å². The number of rotatable bonds is 4. The molecule has 1 unspecified atom stereocenters. The number of anilines is 1. The molecular formula is C22H19NO3. The zero-order valence-corrected chi connectivity index (χ0v) is 14.4. The first-order valence-electron chi connectivity index (χ1n) is 8.54. The summed E-state index contributed by atoms with van der Waals surface area (Å²) in [5.41, 5.74) is 2.49. The Morgan fingerprint density at radius 3 is 2.58 bits per heavy atom. The summed E-state index contributed by atoms with van der Waals surface area (Å²) in [7, 11) is 1.63. The van der Waals surface area contributed by atoms with E-state index in [1.165, 1.54) is 0 Å². The number of nitrogens with one attached hydrogen (secondary N) is 1. The molecule has 0 amide bonds. The molecule has 1 aliphatic rings. The molecule has 1 heterocycles. The molecule has 0 aromatic heterocycles. The molecule has 4 nitrogen and oxygen atoms in total. The lowest BCUT2D eigenvalue weighted by Crippen LogP contribution is -2.15. The Hall–Kier alpha value is -3.27. The molecule has 130 valence electrons. The van der Waals surface area contributed by atoms with Crippen molar-refractivity contribution in [3.63, 3.8) is 0 Å². The summed E-state index contributed by atoms with van der Waals surface area (Å²) < 4.78 is 11.4. The first-order valence-corrected chi connectivity index (χ1v) is 8.54. The molecular weight excluding hydrogens is 326 g/mol. The van der Waals surface area contributed by atoms with Gasteiger partial charge in [-0.1, -0.05) is 48.5 Å². The van der Waals surface area contributed by atoms with Crippen molar-refractivity contribution in [3.8, 4) is 17.2 Å². The Bertz CT molecular complexity index is 937. The third-order valence-corrected chi connectivity index (χ3v) is 4.52. The number of fused-ring (bicyclic) bond motifs is 2. The summed E-state index contributed by atoms with van der Waals surface area (Å²) in [5, 5.41) is 3.47. The van der Waals surface area contributed by atoms with Gasteiger partial charge in [0, 0.05) is 23.6 Å². The van der Waals surface area contributed by atoms with Crippen LogP contribution in [-0.4, -0.2) is 12.9 Å². The van der Waals surface area contributed by atoms with Crippen LogP contribution in [0.5, 0.6) is 17.2 Å². The van der Waals surface area contributed by atoms with Crippen LogP contribution in [0, 0.1) is 0 Å². The summed E-state index contributed by atoms with van der Waals surface area (Å²) in [5.74, 6) is 2.30. The van der Waals surface area contributed by atoms with Crippen LogP contribution in [0.2, 0.25) is 0 Å². The minimum Gasteiger partial charge on any atom is -0.497 e. The standard InChI is InChI=1S/C22H19NO3/c1-25-16-11-12-22-19(13-16)23-18(17-9-5-6-10-21(17)26-22)14-20(24)15-7-3-2-4-8-15/h2-13,18,23H,14H2,1H3. The minimum atomic E-state index is -0.188. The maximum atomic E-state index is 12.8. The van der Waals surface area contributed by atoms with Crippen molar-refractivity contribution < 1.29 is 14.3 Å². The highest BCUT2D eigenvalue weighted by Gasteiger charge is 2.25. The van der Waals surface area contributed by atoms with E-state index < -0.39 is 0 Å². The second-order valence-corrected chi connectivity index (χ2v) is 6.19. The lowest BCUT2D eigenvalue weighted by Gasteiger charge is -2.18. The minimum absolute atomic E-state index is 0.0873. The Kier molecular flexibility index (Phi) is 4.32. The van der Waals surface area contributed by atoms with Crippen LogP contribution in [0.1, 0.15) is 28.4 Å². The largest absolute Gasteiger partial charge is 0.497 e. The van der Waals surface area contributed by atoms with Gasteiger partial charge in [0.25, 0.3) is 0 Å². The lowest BCUT2D eigenvalue weighted by atomic mass is 9.97. The average molecular weight is 345 g/mol. The molecule has 1 N–H and O–H groups in total. The van der Waals surface area contributed by atoms with E-state index in [1.807, 2.05) is 72.8 Å². The highest BCUT2D eigenvalue weighted by molar-refractivity contribution is 5.96. The smallest absolute Gasteiger partial charge is 0.165 e. The van der Waals surface area contributed by atoms with Crippen molar-refractivity contribution in [1.82, 2.24) is 0 Å². The Balaban J connectivity index is 1.71. The van der Waals surface area contributed by atoms with Crippen LogP contribution in [0.3, 0.4) is 0 Å². The van der Waals surface area contributed by atoms with Crippen molar-refractivity contribution in [3.05, 3.63) is 83.9 Å². The Morgan fingerprint density at radius 1 is 1.00 bits per heavy atom. The molecule has 0 radical (unpaired) electrons. The fourth-order valence-corrected chi connectivity index (χ4v) is 3.17. The van der Waals surface area contributed by atoms with Crippen LogP contribution in [0.4, 0.5) is 5.69 Å².